The van der Waals surface area contributed by atoms with E-state index < -0.39 is 0 Å². The third kappa shape index (κ3) is 5.22. The molecule has 0 unspecified atom stereocenters. The third-order valence-corrected chi connectivity index (χ3v) is 6.00. The molecule has 5 nitrogen and oxygen atoms in total. The number of nitrogens with one attached hydrogen (secondary N) is 2. The molecule has 1 aromatic rings. The molecule has 1 fully saturated rings. The minimum Gasteiger partial charge on any atom is -0.350 e. The van der Waals surface area contributed by atoms with Gasteiger partial charge in [0, 0.05) is 17.9 Å². The molecular weight excluding hydrogens is 334 g/mol. The monoisotopic (exact) mass is 362 g/mol. The van der Waals surface area contributed by atoms with Gasteiger partial charge in [-0.3, -0.25) is 9.59 Å². The van der Waals surface area contributed by atoms with Crippen LogP contribution in [0.1, 0.15) is 32.1 Å². The second kappa shape index (κ2) is 9.25. The Bertz CT molecular complexity index is 602. The molecule has 0 spiro atoms. The number of nitrogens with zero attached hydrogens (tertiary/aromatic N) is 1. The summed E-state index contributed by atoms with van der Waals surface area (Å²) in [5.74, 6) is 0.725. The van der Waals surface area contributed by atoms with E-state index in [1.54, 1.807) is 16.7 Å². The van der Waals surface area contributed by atoms with Gasteiger partial charge in [0.05, 0.1) is 37.6 Å². The number of amides is 2. The Morgan fingerprint density at radius 2 is 2.00 bits per heavy atom. The normalized spacial score (nSPS) is 18.1. The molecule has 0 aromatic heterocycles. The number of anilines is 1. The summed E-state index contributed by atoms with van der Waals surface area (Å²) in [6.07, 6.45) is 5.16. The summed E-state index contributed by atoms with van der Waals surface area (Å²) in [6.45, 7) is 4.88. The van der Waals surface area contributed by atoms with Crippen molar-refractivity contribution in [2.75, 3.05) is 43.4 Å². The van der Waals surface area contributed by atoms with Crippen LogP contribution in [0.3, 0.4) is 0 Å². The maximum Gasteiger partial charge on any atom is 0.237 e. The average molecular weight is 363 g/mol. The molecule has 0 bridgehead atoms. The molecule has 136 valence electrons. The number of carbonyl (C=O) groups is 2. The minimum absolute atomic E-state index is 0.100. The Morgan fingerprint density at radius 3 is 2.84 bits per heavy atom. The summed E-state index contributed by atoms with van der Waals surface area (Å²) < 4.78 is 0. The van der Waals surface area contributed by atoms with E-state index in [1.807, 2.05) is 23.1 Å². The lowest BCUT2D eigenvalue weighted by molar-refractivity contribution is -0.903. The summed E-state index contributed by atoms with van der Waals surface area (Å²) >= 11 is 1.59. The van der Waals surface area contributed by atoms with E-state index >= 15 is 0 Å². The van der Waals surface area contributed by atoms with Crippen LogP contribution in [0.2, 0.25) is 0 Å². The van der Waals surface area contributed by atoms with Gasteiger partial charge >= 0.3 is 0 Å². The van der Waals surface area contributed by atoms with Gasteiger partial charge in [0.15, 0.2) is 0 Å². The van der Waals surface area contributed by atoms with Gasteiger partial charge in [-0.15, -0.1) is 11.8 Å². The highest BCUT2D eigenvalue weighted by atomic mass is 32.2. The fraction of sp³-hybridized carbons (Fsp3) is 0.579. The largest absolute Gasteiger partial charge is 0.350 e. The summed E-state index contributed by atoms with van der Waals surface area (Å²) in [4.78, 5) is 28.8. The van der Waals surface area contributed by atoms with Crippen molar-refractivity contribution in [1.82, 2.24) is 5.32 Å². The van der Waals surface area contributed by atoms with E-state index in [9.17, 15) is 9.59 Å². The topological polar surface area (TPSA) is 53.9 Å². The van der Waals surface area contributed by atoms with Crippen molar-refractivity contribution in [1.29, 1.82) is 0 Å². The Kier molecular flexibility index (Phi) is 6.76. The zero-order valence-electron chi connectivity index (χ0n) is 14.8. The highest BCUT2D eigenvalue weighted by Gasteiger charge is 2.24. The van der Waals surface area contributed by atoms with Crippen molar-refractivity contribution < 1.29 is 14.5 Å². The lowest BCUT2D eigenvalue weighted by atomic mass is 10.1. The van der Waals surface area contributed by atoms with Gasteiger partial charge in [0.2, 0.25) is 11.8 Å². The maximum atomic E-state index is 12.2. The second-order valence-electron chi connectivity index (χ2n) is 6.82. The molecule has 0 radical (unpaired) electrons. The quantitative estimate of drug-likeness (QED) is 0.764. The lowest BCUT2D eigenvalue weighted by Gasteiger charge is -2.28. The number of quaternary nitrogens is 1. The van der Waals surface area contributed by atoms with E-state index in [4.69, 9.17) is 0 Å². The summed E-state index contributed by atoms with van der Waals surface area (Å²) in [7, 11) is 0. The fourth-order valence-electron chi connectivity index (χ4n) is 3.57. The van der Waals surface area contributed by atoms with Gasteiger partial charge in [-0.1, -0.05) is 12.1 Å². The predicted octanol–water partition coefficient (Wildman–Crippen LogP) is 1.09. The molecule has 6 heteroatoms. The first-order valence-corrected chi connectivity index (χ1v) is 10.3. The van der Waals surface area contributed by atoms with Gasteiger partial charge < -0.3 is 15.1 Å². The molecular formula is C19H28N3O2S+. The van der Waals surface area contributed by atoms with E-state index in [1.165, 1.54) is 32.4 Å². The van der Waals surface area contributed by atoms with Crippen LogP contribution >= 0.6 is 11.8 Å². The van der Waals surface area contributed by atoms with Crippen LogP contribution in [-0.4, -0.2) is 50.3 Å². The molecule has 25 heavy (non-hydrogen) atoms. The highest BCUT2D eigenvalue weighted by molar-refractivity contribution is 8.00. The third-order valence-electron chi connectivity index (χ3n) is 4.96. The number of rotatable bonds is 7. The number of benzene rings is 1. The fourth-order valence-corrected chi connectivity index (χ4v) is 4.50. The van der Waals surface area contributed by atoms with Gasteiger partial charge in [0.1, 0.15) is 0 Å². The molecule has 2 N–H and O–H groups in total. The van der Waals surface area contributed by atoms with Crippen molar-refractivity contribution in [2.45, 2.75) is 37.0 Å². The maximum absolute atomic E-state index is 12.2. The molecule has 0 atom stereocenters. The SMILES string of the molecule is O=C(CCCN1C(=O)CSc2ccccc21)NCC[NH+]1CCCCC1. The highest BCUT2D eigenvalue weighted by Crippen LogP contribution is 2.34. The predicted molar refractivity (Wildman–Crippen MR) is 101 cm³/mol. The Morgan fingerprint density at radius 1 is 1.20 bits per heavy atom. The molecule has 1 saturated heterocycles. The van der Waals surface area contributed by atoms with Gasteiger partial charge in [-0.05, 0) is 37.8 Å². The van der Waals surface area contributed by atoms with Crippen LogP contribution in [-0.2, 0) is 9.59 Å². The summed E-state index contributed by atoms with van der Waals surface area (Å²) in [5, 5.41) is 3.03. The number of thioether (sulfide) groups is 1. The van der Waals surface area contributed by atoms with Crippen molar-refractivity contribution in [3.05, 3.63) is 24.3 Å². The minimum atomic E-state index is 0.100. The summed E-state index contributed by atoms with van der Waals surface area (Å²) in [6, 6.07) is 7.99. The molecule has 2 aliphatic heterocycles. The standard InChI is InChI=1S/C19H27N3O2S/c23-18(20-10-14-21-11-4-1-5-12-21)9-6-13-22-16-7-2-3-8-17(16)25-15-19(22)24/h2-3,7-8H,1,4-6,9-15H2,(H,20,23)/p+1. The molecule has 0 aliphatic carbocycles. The first-order chi connectivity index (χ1) is 12.2. The second-order valence-corrected chi connectivity index (χ2v) is 7.83. The van der Waals surface area contributed by atoms with Crippen molar-refractivity contribution in [3.8, 4) is 0 Å². The number of hydrogen-bond donors (Lipinski definition) is 2. The van der Waals surface area contributed by atoms with E-state index in [0.717, 1.165) is 23.7 Å². The van der Waals surface area contributed by atoms with E-state index in [-0.39, 0.29) is 11.8 Å². The van der Waals surface area contributed by atoms with Crippen molar-refractivity contribution in [2.24, 2.45) is 0 Å². The Balaban J connectivity index is 1.37. The van der Waals surface area contributed by atoms with Crippen LogP contribution in [0.5, 0.6) is 0 Å². The van der Waals surface area contributed by atoms with Crippen LogP contribution in [0, 0.1) is 0 Å². The van der Waals surface area contributed by atoms with Crippen molar-refractivity contribution >= 4 is 29.3 Å². The van der Waals surface area contributed by atoms with Gasteiger partial charge in [-0.25, -0.2) is 0 Å². The van der Waals surface area contributed by atoms with E-state index in [2.05, 4.69) is 11.4 Å². The number of para-hydroxylation sites is 1. The molecule has 1 aromatic carbocycles. The molecule has 2 aliphatic rings. The number of carbonyl (C=O) groups excluding carboxylic acids is 2. The molecule has 2 amide bonds. The molecule has 2 heterocycles. The zero-order chi connectivity index (χ0) is 17.5. The van der Waals surface area contributed by atoms with Crippen LogP contribution in [0.15, 0.2) is 29.2 Å². The number of fused-ring (bicyclic) bond motifs is 1. The Hall–Kier alpha value is -1.53. The van der Waals surface area contributed by atoms with Crippen LogP contribution in [0.4, 0.5) is 5.69 Å². The zero-order valence-corrected chi connectivity index (χ0v) is 15.6. The van der Waals surface area contributed by atoms with Crippen LogP contribution in [0.25, 0.3) is 0 Å². The number of hydrogen-bond acceptors (Lipinski definition) is 3. The van der Waals surface area contributed by atoms with Gasteiger partial charge in [-0.2, -0.15) is 0 Å². The number of likely N-dealkylation sites (tertiary alicyclic amines) is 1. The summed E-state index contributed by atoms with van der Waals surface area (Å²) in [5.41, 5.74) is 0.984. The van der Waals surface area contributed by atoms with E-state index in [0.29, 0.717) is 25.1 Å². The van der Waals surface area contributed by atoms with Crippen LogP contribution < -0.4 is 15.1 Å². The molecule has 3 rings (SSSR count). The lowest BCUT2D eigenvalue weighted by Crippen LogP contribution is -3.13. The Labute approximate surface area is 154 Å². The molecule has 0 saturated carbocycles. The number of piperidine rings is 1. The average Bonchev–Trinajstić information content (AvgIpc) is 2.64. The van der Waals surface area contributed by atoms with Crippen molar-refractivity contribution in [3.63, 3.8) is 0 Å². The first kappa shape index (κ1) is 18.3. The first-order valence-electron chi connectivity index (χ1n) is 9.36. The smallest absolute Gasteiger partial charge is 0.237 e. The van der Waals surface area contributed by atoms with Gasteiger partial charge in [0.25, 0.3) is 0 Å².